The predicted octanol–water partition coefficient (Wildman–Crippen LogP) is 2.55. The molecule has 1 fully saturated rings. The standard InChI is InChI=1S/C19H27ClN4O/c1-21-19(24-12-9-17(14-24)23-10-3-4-11-23)22-13-18(25-2)15-5-7-16(20)8-6-15/h3-8,17-18H,9-14H2,1-2H3,(H,21,22). The van der Waals surface area contributed by atoms with Gasteiger partial charge >= 0.3 is 0 Å². The molecular formula is C19H27ClN4O. The van der Waals surface area contributed by atoms with Crippen molar-refractivity contribution in [1.82, 2.24) is 15.1 Å². The third kappa shape index (κ3) is 4.54. The van der Waals surface area contributed by atoms with Crippen molar-refractivity contribution in [3.63, 3.8) is 0 Å². The minimum Gasteiger partial charge on any atom is -0.375 e. The van der Waals surface area contributed by atoms with Crippen LogP contribution in [0.25, 0.3) is 0 Å². The van der Waals surface area contributed by atoms with Crippen LogP contribution in [0.15, 0.2) is 41.4 Å². The Morgan fingerprint density at radius 3 is 2.68 bits per heavy atom. The molecule has 0 spiro atoms. The Morgan fingerprint density at radius 1 is 1.32 bits per heavy atom. The van der Waals surface area contributed by atoms with E-state index in [9.17, 15) is 0 Å². The summed E-state index contributed by atoms with van der Waals surface area (Å²) >= 11 is 5.97. The molecule has 2 aliphatic heterocycles. The molecule has 1 saturated heterocycles. The summed E-state index contributed by atoms with van der Waals surface area (Å²) in [6.07, 6.45) is 5.67. The van der Waals surface area contributed by atoms with E-state index < -0.39 is 0 Å². The van der Waals surface area contributed by atoms with Gasteiger partial charge < -0.3 is 15.0 Å². The molecular weight excluding hydrogens is 336 g/mol. The number of hydrogen-bond donors (Lipinski definition) is 1. The van der Waals surface area contributed by atoms with Crippen molar-refractivity contribution in [3.05, 3.63) is 47.0 Å². The van der Waals surface area contributed by atoms with Crippen LogP contribution in [0, 0.1) is 0 Å². The zero-order chi connectivity index (χ0) is 17.6. The molecule has 25 heavy (non-hydrogen) atoms. The van der Waals surface area contributed by atoms with Gasteiger partial charge in [-0.3, -0.25) is 9.89 Å². The third-order valence-electron chi connectivity index (χ3n) is 5.01. The molecule has 0 aromatic heterocycles. The Morgan fingerprint density at radius 2 is 2.04 bits per heavy atom. The van der Waals surface area contributed by atoms with Crippen LogP contribution in [-0.4, -0.2) is 68.7 Å². The van der Waals surface area contributed by atoms with E-state index in [1.807, 2.05) is 31.3 Å². The first-order valence-corrected chi connectivity index (χ1v) is 9.22. The first-order valence-electron chi connectivity index (χ1n) is 8.84. The number of halogens is 1. The fourth-order valence-corrected chi connectivity index (χ4v) is 3.68. The molecule has 1 N–H and O–H groups in total. The van der Waals surface area contributed by atoms with Gasteiger partial charge in [-0.05, 0) is 24.1 Å². The van der Waals surface area contributed by atoms with Crippen LogP contribution in [0.5, 0.6) is 0 Å². The molecule has 5 nitrogen and oxygen atoms in total. The van der Waals surface area contributed by atoms with Gasteiger partial charge in [0.25, 0.3) is 0 Å². The number of rotatable bonds is 5. The van der Waals surface area contributed by atoms with Gasteiger partial charge in [0.2, 0.25) is 0 Å². The van der Waals surface area contributed by atoms with Gasteiger partial charge in [0.15, 0.2) is 5.96 Å². The SMILES string of the molecule is CN=C(NCC(OC)c1ccc(Cl)cc1)N1CCC(N2CC=CC2)C1. The average molecular weight is 363 g/mol. The summed E-state index contributed by atoms with van der Waals surface area (Å²) < 4.78 is 5.64. The molecule has 0 amide bonds. The molecule has 0 radical (unpaired) electrons. The Kier molecular flexibility index (Phi) is 6.34. The summed E-state index contributed by atoms with van der Waals surface area (Å²) in [7, 11) is 3.58. The maximum atomic E-state index is 5.97. The maximum absolute atomic E-state index is 5.97. The predicted molar refractivity (Wildman–Crippen MR) is 103 cm³/mol. The van der Waals surface area contributed by atoms with Crippen molar-refractivity contribution in [2.24, 2.45) is 4.99 Å². The van der Waals surface area contributed by atoms with Crippen LogP contribution in [-0.2, 0) is 4.74 Å². The van der Waals surface area contributed by atoms with Crippen molar-refractivity contribution in [3.8, 4) is 0 Å². The number of aliphatic imine (C=N–C) groups is 1. The molecule has 3 rings (SSSR count). The number of guanidine groups is 1. The monoisotopic (exact) mass is 362 g/mol. The number of hydrogen-bond acceptors (Lipinski definition) is 3. The van der Waals surface area contributed by atoms with Gasteiger partial charge in [0.1, 0.15) is 0 Å². The summed E-state index contributed by atoms with van der Waals surface area (Å²) in [5, 5.41) is 4.21. The van der Waals surface area contributed by atoms with Crippen LogP contribution in [0.3, 0.4) is 0 Å². The zero-order valence-corrected chi connectivity index (χ0v) is 15.7. The lowest BCUT2D eigenvalue weighted by Crippen LogP contribution is -2.44. The van der Waals surface area contributed by atoms with E-state index in [-0.39, 0.29) is 6.10 Å². The van der Waals surface area contributed by atoms with Crippen molar-refractivity contribution in [2.45, 2.75) is 18.6 Å². The lowest BCUT2D eigenvalue weighted by atomic mass is 10.1. The molecule has 2 atom stereocenters. The summed E-state index contributed by atoms with van der Waals surface area (Å²) in [6, 6.07) is 8.42. The topological polar surface area (TPSA) is 40.1 Å². The van der Waals surface area contributed by atoms with E-state index in [0.29, 0.717) is 12.6 Å². The van der Waals surface area contributed by atoms with E-state index in [0.717, 1.165) is 42.7 Å². The van der Waals surface area contributed by atoms with Crippen LogP contribution in [0.1, 0.15) is 18.1 Å². The molecule has 6 heteroatoms. The second-order valence-corrected chi connectivity index (χ2v) is 6.95. The fraction of sp³-hybridized carbons (Fsp3) is 0.526. The minimum absolute atomic E-state index is 0.0322. The van der Waals surface area contributed by atoms with Gasteiger partial charge in [-0.15, -0.1) is 0 Å². The molecule has 0 bridgehead atoms. The molecule has 136 valence electrons. The largest absolute Gasteiger partial charge is 0.375 e. The molecule has 0 saturated carbocycles. The van der Waals surface area contributed by atoms with Gasteiger partial charge in [-0.1, -0.05) is 35.9 Å². The molecule has 2 unspecified atom stereocenters. The number of nitrogens with zero attached hydrogens (tertiary/aromatic N) is 3. The molecule has 1 aromatic carbocycles. The highest BCUT2D eigenvalue weighted by Crippen LogP contribution is 2.20. The Hall–Kier alpha value is -1.56. The number of ether oxygens (including phenoxy) is 1. The van der Waals surface area contributed by atoms with E-state index in [1.165, 1.54) is 6.42 Å². The average Bonchev–Trinajstić information content (AvgIpc) is 3.31. The smallest absolute Gasteiger partial charge is 0.193 e. The molecule has 0 aliphatic carbocycles. The summed E-state index contributed by atoms with van der Waals surface area (Å²) in [5.74, 6) is 0.950. The highest BCUT2D eigenvalue weighted by molar-refractivity contribution is 6.30. The Bertz CT molecular complexity index is 608. The van der Waals surface area contributed by atoms with Crippen LogP contribution >= 0.6 is 11.6 Å². The van der Waals surface area contributed by atoms with Crippen LogP contribution in [0.2, 0.25) is 5.02 Å². The maximum Gasteiger partial charge on any atom is 0.193 e. The van der Waals surface area contributed by atoms with Gasteiger partial charge in [-0.25, -0.2) is 0 Å². The van der Waals surface area contributed by atoms with Crippen molar-refractivity contribution in [2.75, 3.05) is 46.9 Å². The lowest BCUT2D eigenvalue weighted by molar-refractivity contribution is 0.106. The highest BCUT2D eigenvalue weighted by Gasteiger charge is 2.29. The quantitative estimate of drug-likeness (QED) is 0.496. The number of nitrogens with one attached hydrogen (secondary N) is 1. The number of methoxy groups -OCH3 is 1. The van der Waals surface area contributed by atoms with Gasteiger partial charge in [-0.2, -0.15) is 0 Å². The van der Waals surface area contributed by atoms with Crippen molar-refractivity contribution in [1.29, 1.82) is 0 Å². The van der Waals surface area contributed by atoms with E-state index in [4.69, 9.17) is 16.3 Å². The second kappa shape index (κ2) is 8.70. The van der Waals surface area contributed by atoms with Crippen LogP contribution < -0.4 is 5.32 Å². The molecule has 2 aliphatic rings. The summed E-state index contributed by atoms with van der Waals surface area (Å²) in [4.78, 5) is 9.34. The lowest BCUT2D eigenvalue weighted by Gasteiger charge is -2.26. The minimum atomic E-state index is -0.0322. The zero-order valence-electron chi connectivity index (χ0n) is 15.0. The van der Waals surface area contributed by atoms with Crippen molar-refractivity contribution < 1.29 is 4.74 Å². The van der Waals surface area contributed by atoms with Crippen LogP contribution in [0.4, 0.5) is 0 Å². The van der Waals surface area contributed by atoms with Gasteiger partial charge in [0, 0.05) is 57.9 Å². The Balaban J connectivity index is 1.54. The van der Waals surface area contributed by atoms with E-state index in [1.54, 1.807) is 7.11 Å². The highest BCUT2D eigenvalue weighted by atomic mass is 35.5. The normalized spacial score (nSPS) is 22.6. The number of likely N-dealkylation sites (tertiary alicyclic amines) is 1. The molecule has 1 aromatic rings. The first-order chi connectivity index (χ1) is 12.2. The summed E-state index contributed by atoms with van der Waals surface area (Å²) in [6.45, 7) is 4.90. The van der Waals surface area contributed by atoms with Gasteiger partial charge in [0.05, 0.1) is 6.10 Å². The number of benzene rings is 1. The first kappa shape index (κ1) is 18.2. The fourth-order valence-electron chi connectivity index (χ4n) is 3.56. The third-order valence-corrected chi connectivity index (χ3v) is 5.26. The second-order valence-electron chi connectivity index (χ2n) is 6.52. The molecule has 2 heterocycles. The van der Waals surface area contributed by atoms with Crippen molar-refractivity contribution >= 4 is 17.6 Å². The Labute approximate surface area is 155 Å². The van der Waals surface area contributed by atoms with E-state index >= 15 is 0 Å². The van der Waals surface area contributed by atoms with E-state index in [2.05, 4.69) is 32.3 Å². The summed E-state index contributed by atoms with van der Waals surface area (Å²) in [5.41, 5.74) is 1.11.